The number of aromatic nitrogens is 1. The Bertz CT molecular complexity index is 1410. The second-order valence-electron chi connectivity index (χ2n) is 9.26. The number of rotatable bonds is 6. The Labute approximate surface area is 231 Å². The van der Waals surface area contributed by atoms with Crippen LogP contribution in [0, 0.1) is 6.92 Å². The van der Waals surface area contributed by atoms with Gasteiger partial charge in [0.05, 0.1) is 5.69 Å². The first-order chi connectivity index (χ1) is 18.2. The number of carbonyl (C=O) groups is 3. The first kappa shape index (κ1) is 28.2. The largest absolute Gasteiger partial charge is 0.446 e. The molecule has 0 atom stereocenters. The molecule has 0 aliphatic carbocycles. The van der Waals surface area contributed by atoms with E-state index < -0.39 is 29.0 Å². The third kappa shape index (κ3) is 6.63. The molecule has 0 spiro atoms. The zero-order valence-corrected chi connectivity index (χ0v) is 22.5. The number of nitrogens with one attached hydrogen (secondary N) is 2. The van der Waals surface area contributed by atoms with E-state index in [0.29, 0.717) is 16.3 Å². The standard InChI is InChI=1S/C26H23ClF3N5O3S/c1-15-10-17(27)13-18(11-15)32-23(37)33-21-12-16(8-9-31-21)14-34-24(38)35(22(36)25(34,2)3)19-4-6-20(7-5-19)39-26(28,29)30/h4-13H,14H2,1-3H3,(H2,31,32,33,37). The zero-order chi connectivity index (χ0) is 28.5. The van der Waals surface area contributed by atoms with Crippen molar-refractivity contribution in [3.8, 4) is 0 Å². The molecule has 1 saturated heterocycles. The minimum absolute atomic E-state index is 0.0163. The Morgan fingerprint density at radius 3 is 2.38 bits per heavy atom. The van der Waals surface area contributed by atoms with E-state index in [1.54, 1.807) is 44.2 Å². The van der Waals surface area contributed by atoms with Crippen LogP contribution in [-0.4, -0.2) is 38.9 Å². The number of nitrogens with zero attached hydrogens (tertiary/aromatic N) is 3. The van der Waals surface area contributed by atoms with Gasteiger partial charge < -0.3 is 10.2 Å². The third-order valence-corrected chi connectivity index (χ3v) is 6.82. The molecule has 2 N–H and O–H groups in total. The van der Waals surface area contributed by atoms with Crippen LogP contribution < -0.4 is 15.5 Å². The lowest BCUT2D eigenvalue weighted by Crippen LogP contribution is -2.43. The number of benzene rings is 2. The van der Waals surface area contributed by atoms with Crippen molar-refractivity contribution >= 4 is 58.5 Å². The molecule has 0 radical (unpaired) electrons. The molecular weight excluding hydrogens is 555 g/mol. The summed E-state index contributed by atoms with van der Waals surface area (Å²) in [5.74, 6) is -0.304. The van der Waals surface area contributed by atoms with Crippen molar-refractivity contribution in [3.05, 3.63) is 76.9 Å². The number of hydrogen-bond donors (Lipinski definition) is 2. The highest BCUT2D eigenvalue weighted by molar-refractivity contribution is 8.00. The van der Waals surface area contributed by atoms with E-state index in [-0.39, 0.29) is 34.7 Å². The van der Waals surface area contributed by atoms with E-state index in [1.807, 2.05) is 6.92 Å². The van der Waals surface area contributed by atoms with Crippen LogP contribution in [0.25, 0.3) is 0 Å². The molecule has 13 heteroatoms. The number of amides is 5. The molecule has 4 rings (SSSR count). The molecule has 1 aromatic heterocycles. The average Bonchev–Trinajstić information content (AvgIpc) is 2.97. The third-order valence-electron chi connectivity index (χ3n) is 5.86. The highest BCUT2D eigenvalue weighted by atomic mass is 35.5. The van der Waals surface area contributed by atoms with Gasteiger partial charge in [0.25, 0.3) is 5.91 Å². The summed E-state index contributed by atoms with van der Waals surface area (Å²) in [5, 5.41) is 5.78. The molecule has 204 valence electrons. The quantitative estimate of drug-likeness (QED) is 0.242. The number of thioether (sulfide) groups is 1. The summed E-state index contributed by atoms with van der Waals surface area (Å²) in [7, 11) is 0. The molecular formula is C26H23ClF3N5O3S. The van der Waals surface area contributed by atoms with Gasteiger partial charge in [-0.25, -0.2) is 19.5 Å². The summed E-state index contributed by atoms with van der Waals surface area (Å²) < 4.78 is 38.0. The Balaban J connectivity index is 1.47. The molecule has 2 heterocycles. The van der Waals surface area contributed by atoms with Crippen LogP contribution in [-0.2, 0) is 11.3 Å². The van der Waals surface area contributed by atoms with Crippen molar-refractivity contribution in [2.24, 2.45) is 0 Å². The average molecular weight is 578 g/mol. The summed E-state index contributed by atoms with van der Waals surface area (Å²) in [6.07, 6.45) is 1.46. The van der Waals surface area contributed by atoms with Crippen LogP contribution in [0.15, 0.2) is 65.7 Å². The Morgan fingerprint density at radius 2 is 1.74 bits per heavy atom. The van der Waals surface area contributed by atoms with E-state index in [2.05, 4.69) is 15.6 Å². The van der Waals surface area contributed by atoms with Crippen molar-refractivity contribution in [1.82, 2.24) is 9.88 Å². The number of imide groups is 1. The van der Waals surface area contributed by atoms with Crippen LogP contribution in [0.4, 0.5) is 40.0 Å². The Morgan fingerprint density at radius 1 is 1.05 bits per heavy atom. The molecule has 5 amide bonds. The van der Waals surface area contributed by atoms with Crippen LogP contribution in [0.2, 0.25) is 5.02 Å². The van der Waals surface area contributed by atoms with Gasteiger partial charge in [0, 0.05) is 28.3 Å². The van der Waals surface area contributed by atoms with Gasteiger partial charge in [-0.1, -0.05) is 11.6 Å². The lowest BCUT2D eigenvalue weighted by molar-refractivity contribution is -0.123. The highest BCUT2D eigenvalue weighted by Gasteiger charge is 2.51. The van der Waals surface area contributed by atoms with Gasteiger partial charge in [0.2, 0.25) is 0 Å². The van der Waals surface area contributed by atoms with Crippen LogP contribution in [0.5, 0.6) is 0 Å². The molecule has 1 aliphatic heterocycles. The number of carbonyl (C=O) groups excluding carboxylic acids is 3. The van der Waals surface area contributed by atoms with Crippen LogP contribution in [0.3, 0.4) is 0 Å². The van der Waals surface area contributed by atoms with Gasteiger partial charge in [-0.2, -0.15) is 13.2 Å². The second-order valence-corrected chi connectivity index (χ2v) is 10.8. The predicted octanol–water partition coefficient (Wildman–Crippen LogP) is 7.05. The second kappa shape index (κ2) is 10.8. The van der Waals surface area contributed by atoms with E-state index in [9.17, 15) is 27.6 Å². The predicted molar refractivity (Wildman–Crippen MR) is 144 cm³/mol. The fraction of sp³-hybridized carbons (Fsp3) is 0.231. The summed E-state index contributed by atoms with van der Waals surface area (Å²) in [6.45, 7) is 5.03. The van der Waals surface area contributed by atoms with E-state index >= 15 is 0 Å². The fourth-order valence-electron chi connectivity index (χ4n) is 4.04. The van der Waals surface area contributed by atoms with E-state index in [4.69, 9.17) is 11.6 Å². The summed E-state index contributed by atoms with van der Waals surface area (Å²) in [6, 6.07) is 12.2. The van der Waals surface area contributed by atoms with Crippen molar-refractivity contribution in [2.75, 3.05) is 15.5 Å². The van der Waals surface area contributed by atoms with E-state index in [0.717, 1.165) is 10.5 Å². The van der Waals surface area contributed by atoms with E-state index in [1.165, 1.54) is 35.4 Å². The Kier molecular flexibility index (Phi) is 7.80. The number of aryl methyl sites for hydroxylation is 1. The van der Waals surface area contributed by atoms with Gasteiger partial charge in [0.15, 0.2) is 0 Å². The molecule has 0 bridgehead atoms. The maximum atomic E-state index is 13.3. The number of hydrogen-bond acceptors (Lipinski definition) is 5. The Hall–Kier alpha value is -3.77. The first-order valence-electron chi connectivity index (χ1n) is 11.5. The van der Waals surface area contributed by atoms with Gasteiger partial charge in [-0.15, -0.1) is 0 Å². The van der Waals surface area contributed by atoms with Gasteiger partial charge in [0.1, 0.15) is 11.4 Å². The van der Waals surface area contributed by atoms with Crippen molar-refractivity contribution in [1.29, 1.82) is 0 Å². The number of alkyl halides is 3. The summed E-state index contributed by atoms with van der Waals surface area (Å²) in [5.41, 5.74) is -3.57. The van der Waals surface area contributed by atoms with Crippen LogP contribution >= 0.6 is 23.4 Å². The highest BCUT2D eigenvalue weighted by Crippen LogP contribution is 2.39. The molecule has 8 nitrogen and oxygen atoms in total. The van der Waals surface area contributed by atoms with Gasteiger partial charge in [-0.05, 0) is 98.3 Å². The maximum Gasteiger partial charge on any atom is 0.446 e. The number of halogens is 4. The molecule has 2 aromatic carbocycles. The minimum Gasteiger partial charge on any atom is -0.308 e. The lowest BCUT2D eigenvalue weighted by atomic mass is 10.0. The topological polar surface area (TPSA) is 94.6 Å². The number of pyridine rings is 1. The molecule has 1 fully saturated rings. The van der Waals surface area contributed by atoms with Crippen molar-refractivity contribution < 1.29 is 27.6 Å². The van der Waals surface area contributed by atoms with Gasteiger partial charge >= 0.3 is 17.6 Å². The molecule has 0 saturated carbocycles. The zero-order valence-electron chi connectivity index (χ0n) is 21.0. The minimum atomic E-state index is -4.45. The van der Waals surface area contributed by atoms with Crippen LogP contribution in [0.1, 0.15) is 25.0 Å². The lowest BCUT2D eigenvalue weighted by Gasteiger charge is -2.27. The number of urea groups is 2. The molecule has 0 unspecified atom stereocenters. The summed E-state index contributed by atoms with van der Waals surface area (Å²) >= 11 is 5.75. The van der Waals surface area contributed by atoms with Crippen molar-refractivity contribution in [3.63, 3.8) is 0 Å². The normalized spacial score (nSPS) is 15.1. The smallest absolute Gasteiger partial charge is 0.308 e. The van der Waals surface area contributed by atoms with Crippen molar-refractivity contribution in [2.45, 2.75) is 43.3 Å². The molecule has 1 aliphatic rings. The monoisotopic (exact) mass is 577 g/mol. The first-order valence-corrected chi connectivity index (χ1v) is 12.7. The maximum absolute atomic E-state index is 13.3. The number of anilines is 3. The SMILES string of the molecule is Cc1cc(Cl)cc(NC(=O)Nc2cc(CN3C(=O)N(c4ccc(SC(F)(F)F)cc4)C(=O)C3(C)C)ccn2)c1. The summed E-state index contributed by atoms with van der Waals surface area (Å²) in [4.78, 5) is 45.3. The molecule has 3 aromatic rings. The van der Waals surface area contributed by atoms with Gasteiger partial charge in [-0.3, -0.25) is 10.1 Å². The fourth-order valence-corrected chi connectivity index (χ4v) is 4.87. The molecule has 39 heavy (non-hydrogen) atoms.